The summed E-state index contributed by atoms with van der Waals surface area (Å²) in [7, 11) is -3.42. The normalized spacial score (nSPS) is 18.0. The van der Waals surface area contributed by atoms with Crippen LogP contribution < -0.4 is 5.32 Å². The number of benzene rings is 1. The van der Waals surface area contributed by atoms with Gasteiger partial charge in [-0.2, -0.15) is 0 Å². The largest absolute Gasteiger partial charge is 0.353 e. The van der Waals surface area contributed by atoms with Gasteiger partial charge in [0, 0.05) is 30.1 Å². The first kappa shape index (κ1) is 20.2. The Morgan fingerprint density at radius 1 is 1.32 bits per heavy atom. The third kappa shape index (κ3) is 5.69. The van der Waals surface area contributed by atoms with Gasteiger partial charge in [-0.3, -0.25) is 4.79 Å². The van der Waals surface area contributed by atoms with E-state index >= 15 is 0 Å². The molecule has 7 heteroatoms. The summed E-state index contributed by atoms with van der Waals surface area (Å²) >= 11 is 6.07. The minimum atomic E-state index is -3.42. The molecule has 0 aromatic heterocycles. The molecular weight excluding hydrogens is 360 g/mol. The van der Waals surface area contributed by atoms with Gasteiger partial charge in [-0.15, -0.1) is 0 Å². The smallest absolute Gasteiger partial charge is 0.223 e. The standard InChI is InChI=1S/C18H27ClN2O3S/c1-3-6-14(2)20-18(22)15-9-11-21(12-10-15)25(23,24)13-16-7-4-5-8-17(16)19/h4-5,7-8,14-15H,3,6,9-13H2,1-2H3,(H,20,22). The van der Waals surface area contributed by atoms with Crippen molar-refractivity contribution >= 4 is 27.5 Å². The SMILES string of the molecule is CCCC(C)NC(=O)C1CCN(S(=O)(=O)Cc2ccccc2Cl)CC1. The average Bonchev–Trinajstić information content (AvgIpc) is 2.57. The van der Waals surface area contributed by atoms with Gasteiger partial charge in [0.1, 0.15) is 0 Å². The molecule has 1 heterocycles. The number of nitrogens with one attached hydrogen (secondary N) is 1. The van der Waals surface area contributed by atoms with Gasteiger partial charge in [-0.1, -0.05) is 43.1 Å². The Bertz CT molecular complexity index is 685. The van der Waals surface area contributed by atoms with E-state index in [-0.39, 0.29) is 23.6 Å². The van der Waals surface area contributed by atoms with Crippen LogP contribution in [-0.2, 0) is 20.6 Å². The lowest BCUT2D eigenvalue weighted by molar-refractivity contribution is -0.126. The number of halogens is 1. The number of amides is 1. The predicted molar refractivity (Wildman–Crippen MR) is 101 cm³/mol. The minimum Gasteiger partial charge on any atom is -0.353 e. The summed E-state index contributed by atoms with van der Waals surface area (Å²) in [6.45, 7) is 4.86. The molecule has 1 aliphatic rings. The van der Waals surface area contributed by atoms with E-state index in [1.807, 2.05) is 6.92 Å². The monoisotopic (exact) mass is 386 g/mol. The molecule has 1 aliphatic heterocycles. The number of piperidine rings is 1. The molecule has 1 amide bonds. The van der Waals surface area contributed by atoms with E-state index in [1.165, 1.54) is 4.31 Å². The van der Waals surface area contributed by atoms with Gasteiger partial charge in [0.2, 0.25) is 15.9 Å². The van der Waals surface area contributed by atoms with Crippen molar-refractivity contribution in [2.75, 3.05) is 13.1 Å². The third-order valence-electron chi connectivity index (χ3n) is 4.62. The maximum absolute atomic E-state index is 12.6. The highest BCUT2D eigenvalue weighted by molar-refractivity contribution is 7.88. The molecular formula is C18H27ClN2O3S. The number of rotatable bonds is 7. The first-order valence-electron chi connectivity index (χ1n) is 8.85. The second kappa shape index (κ2) is 9.01. The summed E-state index contributed by atoms with van der Waals surface area (Å²) in [4.78, 5) is 12.3. The molecule has 140 valence electrons. The van der Waals surface area contributed by atoms with Crippen molar-refractivity contribution in [3.8, 4) is 0 Å². The van der Waals surface area contributed by atoms with E-state index in [4.69, 9.17) is 11.6 Å². The summed E-state index contributed by atoms with van der Waals surface area (Å²) in [6.07, 6.45) is 3.11. The summed E-state index contributed by atoms with van der Waals surface area (Å²) in [5.74, 6) is -0.160. The van der Waals surface area contributed by atoms with Crippen LogP contribution in [0.15, 0.2) is 24.3 Å². The van der Waals surface area contributed by atoms with Gasteiger partial charge in [-0.25, -0.2) is 12.7 Å². The van der Waals surface area contributed by atoms with Crippen molar-refractivity contribution in [2.45, 2.75) is 51.3 Å². The molecule has 25 heavy (non-hydrogen) atoms. The highest BCUT2D eigenvalue weighted by Crippen LogP contribution is 2.24. The number of hydrogen-bond acceptors (Lipinski definition) is 3. The van der Waals surface area contributed by atoms with Crippen LogP contribution in [-0.4, -0.2) is 37.8 Å². The Morgan fingerprint density at radius 2 is 1.96 bits per heavy atom. The van der Waals surface area contributed by atoms with Gasteiger partial charge >= 0.3 is 0 Å². The first-order chi connectivity index (χ1) is 11.8. The van der Waals surface area contributed by atoms with E-state index in [0.717, 1.165) is 12.8 Å². The van der Waals surface area contributed by atoms with Crippen molar-refractivity contribution in [1.29, 1.82) is 0 Å². The molecule has 1 atom stereocenters. The molecule has 0 aliphatic carbocycles. The van der Waals surface area contributed by atoms with Crippen molar-refractivity contribution in [3.05, 3.63) is 34.9 Å². The Morgan fingerprint density at radius 3 is 2.56 bits per heavy atom. The molecule has 1 fully saturated rings. The number of sulfonamides is 1. The Labute approximate surface area is 155 Å². The Hall–Kier alpha value is -1.11. The van der Waals surface area contributed by atoms with Gasteiger partial charge in [0.25, 0.3) is 0 Å². The zero-order chi connectivity index (χ0) is 18.4. The predicted octanol–water partition coefficient (Wildman–Crippen LogP) is 3.19. The van der Waals surface area contributed by atoms with Gasteiger partial charge in [0.05, 0.1) is 5.75 Å². The molecule has 1 N–H and O–H groups in total. The second-order valence-corrected chi connectivity index (χ2v) is 9.10. The van der Waals surface area contributed by atoms with Crippen LogP contribution in [0.2, 0.25) is 5.02 Å². The lowest BCUT2D eigenvalue weighted by Gasteiger charge is -2.31. The highest BCUT2D eigenvalue weighted by Gasteiger charge is 2.31. The van der Waals surface area contributed by atoms with Gasteiger partial charge in [-0.05, 0) is 37.8 Å². The van der Waals surface area contributed by atoms with Crippen molar-refractivity contribution < 1.29 is 13.2 Å². The summed E-state index contributed by atoms with van der Waals surface area (Å²) in [6, 6.07) is 7.15. The number of carbonyl (C=O) groups is 1. The Balaban J connectivity index is 1.90. The van der Waals surface area contributed by atoms with Crippen LogP contribution in [0.1, 0.15) is 45.1 Å². The van der Waals surface area contributed by atoms with Gasteiger partial charge in [0.15, 0.2) is 0 Å². The zero-order valence-electron chi connectivity index (χ0n) is 14.9. The fraction of sp³-hybridized carbons (Fsp3) is 0.611. The van der Waals surface area contributed by atoms with E-state index in [2.05, 4.69) is 12.2 Å². The fourth-order valence-corrected chi connectivity index (χ4v) is 5.04. The molecule has 1 aromatic rings. The molecule has 1 aromatic carbocycles. The fourth-order valence-electron chi connectivity index (χ4n) is 3.17. The van der Waals surface area contributed by atoms with Crippen LogP contribution in [0.25, 0.3) is 0 Å². The summed E-state index contributed by atoms with van der Waals surface area (Å²) in [5, 5.41) is 3.49. The van der Waals surface area contributed by atoms with Crippen LogP contribution >= 0.6 is 11.6 Å². The Kier molecular flexibility index (Phi) is 7.28. The van der Waals surface area contributed by atoms with E-state index in [9.17, 15) is 13.2 Å². The van der Waals surface area contributed by atoms with E-state index in [1.54, 1.807) is 24.3 Å². The average molecular weight is 387 g/mol. The molecule has 0 spiro atoms. The maximum atomic E-state index is 12.6. The maximum Gasteiger partial charge on any atom is 0.223 e. The number of nitrogens with zero attached hydrogens (tertiary/aromatic N) is 1. The summed E-state index contributed by atoms with van der Waals surface area (Å²) < 4.78 is 26.7. The molecule has 1 saturated heterocycles. The van der Waals surface area contributed by atoms with E-state index < -0.39 is 10.0 Å². The molecule has 1 unspecified atom stereocenters. The molecule has 2 rings (SSSR count). The lowest BCUT2D eigenvalue weighted by atomic mass is 9.96. The van der Waals surface area contributed by atoms with Crippen LogP contribution in [0.5, 0.6) is 0 Å². The third-order valence-corrected chi connectivity index (χ3v) is 6.82. The number of hydrogen-bond donors (Lipinski definition) is 1. The first-order valence-corrected chi connectivity index (χ1v) is 10.8. The lowest BCUT2D eigenvalue weighted by Crippen LogP contribution is -2.45. The second-order valence-electron chi connectivity index (χ2n) is 6.72. The quantitative estimate of drug-likeness (QED) is 0.782. The van der Waals surface area contributed by atoms with Crippen LogP contribution in [0.4, 0.5) is 0 Å². The molecule has 0 radical (unpaired) electrons. The zero-order valence-corrected chi connectivity index (χ0v) is 16.4. The van der Waals surface area contributed by atoms with Crippen LogP contribution in [0, 0.1) is 5.92 Å². The topological polar surface area (TPSA) is 66.5 Å². The van der Waals surface area contributed by atoms with Crippen molar-refractivity contribution in [1.82, 2.24) is 9.62 Å². The number of carbonyl (C=O) groups excluding carboxylic acids is 1. The minimum absolute atomic E-state index is 0.0455. The summed E-state index contributed by atoms with van der Waals surface area (Å²) in [5.41, 5.74) is 0.609. The van der Waals surface area contributed by atoms with Crippen LogP contribution in [0.3, 0.4) is 0 Å². The molecule has 0 saturated carbocycles. The van der Waals surface area contributed by atoms with Crippen molar-refractivity contribution in [3.63, 3.8) is 0 Å². The van der Waals surface area contributed by atoms with Gasteiger partial charge < -0.3 is 5.32 Å². The molecule has 0 bridgehead atoms. The highest BCUT2D eigenvalue weighted by atomic mass is 35.5. The van der Waals surface area contributed by atoms with E-state index in [0.29, 0.717) is 36.5 Å². The molecule has 5 nitrogen and oxygen atoms in total. The van der Waals surface area contributed by atoms with Crippen molar-refractivity contribution in [2.24, 2.45) is 5.92 Å².